The van der Waals surface area contributed by atoms with E-state index < -0.39 is 36.0 Å². The molecule has 1 unspecified atom stereocenters. The molecule has 0 radical (unpaired) electrons. The minimum Gasteiger partial charge on any atom is -0.467 e. The average Bonchev–Trinajstić information content (AvgIpc) is 2.50. The number of carbonyl (C=O) groups excluding carboxylic acids is 2. The van der Waals surface area contributed by atoms with Crippen LogP contribution in [0.4, 0.5) is 8.78 Å². The van der Waals surface area contributed by atoms with E-state index in [4.69, 9.17) is 0 Å². The lowest BCUT2D eigenvalue weighted by Gasteiger charge is -2.33. The Kier molecular flexibility index (Phi) is 4.88. The first-order valence-electron chi connectivity index (χ1n) is 6.84. The summed E-state index contributed by atoms with van der Waals surface area (Å²) in [5.74, 6) is -2.46. The van der Waals surface area contributed by atoms with Gasteiger partial charge in [-0.25, -0.2) is 13.6 Å². The molecule has 1 aromatic carbocycles. The standard InChI is InChI=1S/C15H17F2NO3/c1-21-15(20)13-7-2-3-8-18(13)14(19)9-10-11(16)5-4-6-12(10)17/h4-6,13H,2-3,7-9H2,1H3. The van der Waals surface area contributed by atoms with Crippen molar-refractivity contribution in [1.29, 1.82) is 0 Å². The van der Waals surface area contributed by atoms with E-state index >= 15 is 0 Å². The van der Waals surface area contributed by atoms with E-state index in [1.54, 1.807) is 0 Å². The Hall–Kier alpha value is -1.98. The molecular formula is C15H17F2NO3. The van der Waals surface area contributed by atoms with Crippen LogP contribution in [0.2, 0.25) is 0 Å². The summed E-state index contributed by atoms with van der Waals surface area (Å²) in [6.07, 6.45) is 1.70. The third-order valence-electron chi connectivity index (χ3n) is 3.69. The SMILES string of the molecule is COC(=O)C1CCCCN1C(=O)Cc1c(F)cccc1F. The molecule has 1 saturated heterocycles. The number of carbonyl (C=O) groups is 2. The highest BCUT2D eigenvalue weighted by Crippen LogP contribution is 2.21. The molecule has 0 N–H and O–H groups in total. The summed E-state index contributed by atoms with van der Waals surface area (Å²) in [5.41, 5.74) is -0.267. The van der Waals surface area contributed by atoms with Crippen molar-refractivity contribution in [2.24, 2.45) is 0 Å². The number of ether oxygens (including phenoxy) is 1. The molecule has 1 aromatic rings. The number of rotatable bonds is 3. The van der Waals surface area contributed by atoms with E-state index in [9.17, 15) is 18.4 Å². The zero-order valence-corrected chi connectivity index (χ0v) is 11.8. The van der Waals surface area contributed by atoms with Gasteiger partial charge < -0.3 is 9.64 Å². The van der Waals surface area contributed by atoms with Gasteiger partial charge in [-0.05, 0) is 31.4 Å². The molecule has 4 nitrogen and oxygen atoms in total. The van der Waals surface area contributed by atoms with Gasteiger partial charge in [0.05, 0.1) is 13.5 Å². The summed E-state index contributed by atoms with van der Waals surface area (Å²) >= 11 is 0. The Morgan fingerprint density at radius 1 is 1.29 bits per heavy atom. The fourth-order valence-electron chi connectivity index (χ4n) is 2.57. The van der Waals surface area contributed by atoms with Crippen LogP contribution in [0.25, 0.3) is 0 Å². The number of benzene rings is 1. The van der Waals surface area contributed by atoms with Gasteiger partial charge in [-0.15, -0.1) is 0 Å². The maximum Gasteiger partial charge on any atom is 0.328 e. The molecule has 0 aliphatic carbocycles. The molecule has 6 heteroatoms. The first-order chi connectivity index (χ1) is 10.0. The maximum absolute atomic E-state index is 13.6. The molecule has 1 heterocycles. The predicted molar refractivity (Wildman–Crippen MR) is 71.4 cm³/mol. The van der Waals surface area contributed by atoms with Gasteiger partial charge in [0, 0.05) is 12.1 Å². The molecule has 114 valence electrons. The van der Waals surface area contributed by atoms with Crippen LogP contribution in [0.3, 0.4) is 0 Å². The molecule has 2 rings (SSSR count). The molecule has 21 heavy (non-hydrogen) atoms. The largest absolute Gasteiger partial charge is 0.467 e. The van der Waals surface area contributed by atoms with Crippen molar-refractivity contribution in [1.82, 2.24) is 4.90 Å². The van der Waals surface area contributed by atoms with Crippen LogP contribution >= 0.6 is 0 Å². The molecule has 0 saturated carbocycles. The highest BCUT2D eigenvalue weighted by Gasteiger charge is 2.33. The smallest absolute Gasteiger partial charge is 0.328 e. The summed E-state index contributed by atoms with van der Waals surface area (Å²) in [4.78, 5) is 25.4. The monoisotopic (exact) mass is 297 g/mol. The molecule has 1 atom stereocenters. The zero-order valence-electron chi connectivity index (χ0n) is 11.8. The number of methoxy groups -OCH3 is 1. The Bertz CT molecular complexity index is 527. The van der Waals surface area contributed by atoms with Crippen molar-refractivity contribution >= 4 is 11.9 Å². The molecular weight excluding hydrogens is 280 g/mol. The van der Waals surface area contributed by atoms with Crippen molar-refractivity contribution in [3.8, 4) is 0 Å². The summed E-state index contributed by atoms with van der Waals surface area (Å²) in [6.45, 7) is 0.397. The summed E-state index contributed by atoms with van der Waals surface area (Å²) < 4.78 is 31.9. The quantitative estimate of drug-likeness (QED) is 0.802. The number of halogens is 2. The number of likely N-dealkylation sites (tertiary alicyclic amines) is 1. The topological polar surface area (TPSA) is 46.6 Å². The Balaban J connectivity index is 2.16. The minimum atomic E-state index is -0.755. The van der Waals surface area contributed by atoms with Gasteiger partial charge in [0.25, 0.3) is 0 Å². The lowest BCUT2D eigenvalue weighted by atomic mass is 10.0. The maximum atomic E-state index is 13.6. The minimum absolute atomic E-state index is 0.267. The Labute approximate surface area is 121 Å². The van der Waals surface area contributed by atoms with E-state index in [0.717, 1.165) is 25.0 Å². The van der Waals surface area contributed by atoms with Crippen LogP contribution in [0.15, 0.2) is 18.2 Å². The van der Waals surface area contributed by atoms with E-state index in [2.05, 4.69) is 4.74 Å². The van der Waals surface area contributed by atoms with Crippen LogP contribution in [0, 0.1) is 11.6 Å². The average molecular weight is 297 g/mol. The van der Waals surface area contributed by atoms with Crippen molar-refractivity contribution in [3.63, 3.8) is 0 Å². The molecule has 0 spiro atoms. The van der Waals surface area contributed by atoms with Gasteiger partial charge in [-0.2, -0.15) is 0 Å². The summed E-state index contributed by atoms with van der Waals surface area (Å²) in [7, 11) is 1.26. The number of piperidine rings is 1. The molecule has 1 fully saturated rings. The third kappa shape index (κ3) is 3.37. The number of hydrogen-bond donors (Lipinski definition) is 0. The number of nitrogens with zero attached hydrogens (tertiary/aromatic N) is 1. The van der Waals surface area contributed by atoms with Gasteiger partial charge in [0.1, 0.15) is 17.7 Å². The van der Waals surface area contributed by atoms with E-state index in [0.29, 0.717) is 13.0 Å². The second-order valence-corrected chi connectivity index (χ2v) is 5.00. The van der Waals surface area contributed by atoms with E-state index in [-0.39, 0.29) is 5.56 Å². The highest BCUT2D eigenvalue weighted by molar-refractivity contribution is 5.86. The Morgan fingerprint density at radius 3 is 2.57 bits per heavy atom. The third-order valence-corrected chi connectivity index (χ3v) is 3.69. The highest BCUT2D eigenvalue weighted by atomic mass is 19.1. The zero-order chi connectivity index (χ0) is 15.4. The molecule has 1 aliphatic heterocycles. The predicted octanol–water partition coefficient (Wildman–Crippen LogP) is 2.06. The van der Waals surface area contributed by atoms with Crippen molar-refractivity contribution < 1.29 is 23.1 Å². The van der Waals surface area contributed by atoms with Gasteiger partial charge in [0.15, 0.2) is 0 Å². The van der Waals surface area contributed by atoms with Crippen LogP contribution in [-0.4, -0.2) is 36.5 Å². The molecule has 0 bridgehead atoms. The number of esters is 1. The molecule has 0 aromatic heterocycles. The van der Waals surface area contributed by atoms with Crippen molar-refractivity contribution in [2.75, 3.05) is 13.7 Å². The number of amides is 1. The van der Waals surface area contributed by atoms with Crippen molar-refractivity contribution in [2.45, 2.75) is 31.7 Å². The number of hydrogen-bond acceptors (Lipinski definition) is 3. The second kappa shape index (κ2) is 6.65. The lowest BCUT2D eigenvalue weighted by molar-refractivity contribution is -0.154. The van der Waals surface area contributed by atoms with E-state index in [1.807, 2.05) is 0 Å². The van der Waals surface area contributed by atoms with Crippen molar-refractivity contribution in [3.05, 3.63) is 35.4 Å². The van der Waals surface area contributed by atoms with Crippen LogP contribution in [-0.2, 0) is 20.7 Å². The van der Waals surface area contributed by atoms with Gasteiger partial charge in [0.2, 0.25) is 5.91 Å². The molecule has 1 aliphatic rings. The summed E-state index contributed by atoms with van der Waals surface area (Å²) in [6, 6.07) is 2.81. The van der Waals surface area contributed by atoms with Crippen LogP contribution in [0.5, 0.6) is 0 Å². The fraction of sp³-hybridized carbons (Fsp3) is 0.467. The second-order valence-electron chi connectivity index (χ2n) is 5.00. The summed E-state index contributed by atoms with van der Waals surface area (Å²) in [5, 5.41) is 0. The van der Waals surface area contributed by atoms with Gasteiger partial charge in [-0.1, -0.05) is 6.07 Å². The Morgan fingerprint density at radius 2 is 1.95 bits per heavy atom. The van der Waals surface area contributed by atoms with Crippen LogP contribution < -0.4 is 0 Å². The fourth-order valence-corrected chi connectivity index (χ4v) is 2.57. The van der Waals surface area contributed by atoms with Gasteiger partial charge in [-0.3, -0.25) is 4.79 Å². The van der Waals surface area contributed by atoms with Crippen LogP contribution in [0.1, 0.15) is 24.8 Å². The molecule has 1 amide bonds. The first kappa shape index (κ1) is 15.4. The normalized spacial score (nSPS) is 18.4. The first-order valence-corrected chi connectivity index (χ1v) is 6.84. The van der Waals surface area contributed by atoms with Gasteiger partial charge >= 0.3 is 5.97 Å². The lowest BCUT2D eigenvalue weighted by Crippen LogP contribution is -2.49. The van der Waals surface area contributed by atoms with E-state index in [1.165, 1.54) is 18.1 Å².